The zero-order chi connectivity index (χ0) is 17.2. The Kier molecular flexibility index (Phi) is 3.48. The van der Waals surface area contributed by atoms with Crippen molar-refractivity contribution in [3.05, 3.63) is 28.8 Å². The number of hydrogen-bond acceptors (Lipinski definition) is 3. The molecule has 1 aromatic rings. The van der Waals surface area contributed by atoms with Crippen LogP contribution in [0.25, 0.3) is 0 Å². The van der Waals surface area contributed by atoms with E-state index < -0.39 is 0 Å². The fourth-order valence-electron chi connectivity index (χ4n) is 4.99. The van der Waals surface area contributed by atoms with Crippen LogP contribution in [0.4, 0.5) is 0 Å². The number of fused-ring (bicyclic) bond motifs is 3. The lowest BCUT2D eigenvalue weighted by Gasteiger charge is -2.52. The zero-order valence-electron chi connectivity index (χ0n) is 14.7. The summed E-state index contributed by atoms with van der Waals surface area (Å²) in [5.41, 5.74) is 1.55. The van der Waals surface area contributed by atoms with Crippen LogP contribution in [0.5, 0.6) is 5.75 Å². The van der Waals surface area contributed by atoms with Gasteiger partial charge < -0.3 is 5.11 Å². The predicted molar refractivity (Wildman–Crippen MR) is 90.0 cm³/mol. The van der Waals surface area contributed by atoms with Gasteiger partial charge in [-0.2, -0.15) is 0 Å². The second-order valence-corrected chi connectivity index (χ2v) is 8.50. The minimum Gasteiger partial charge on any atom is -0.508 e. The molecule has 124 valence electrons. The molecule has 3 nitrogen and oxygen atoms in total. The number of carbonyl (C=O) groups excluding carboxylic acids is 2. The van der Waals surface area contributed by atoms with Crippen LogP contribution in [0.15, 0.2) is 12.1 Å². The molecule has 0 spiro atoms. The molecule has 1 saturated carbocycles. The van der Waals surface area contributed by atoms with Gasteiger partial charge in [-0.3, -0.25) is 9.59 Å². The molecule has 3 rings (SSSR count). The van der Waals surface area contributed by atoms with Crippen molar-refractivity contribution in [1.29, 1.82) is 0 Å². The first kappa shape index (κ1) is 16.2. The Balaban J connectivity index is 2.28. The molecule has 2 aliphatic rings. The van der Waals surface area contributed by atoms with Gasteiger partial charge in [0.1, 0.15) is 5.75 Å². The highest BCUT2D eigenvalue weighted by molar-refractivity contribution is 6.46. The molecule has 0 heterocycles. The molecule has 0 radical (unpaired) electrons. The maximum atomic E-state index is 12.9. The van der Waals surface area contributed by atoms with Crippen LogP contribution in [-0.2, 0) is 10.2 Å². The van der Waals surface area contributed by atoms with Gasteiger partial charge in [0, 0.05) is 16.9 Å². The second kappa shape index (κ2) is 4.93. The average molecular weight is 314 g/mol. The summed E-state index contributed by atoms with van der Waals surface area (Å²) in [6, 6.07) is 3.50. The monoisotopic (exact) mass is 314 g/mol. The highest BCUT2D eigenvalue weighted by Crippen LogP contribution is 2.56. The van der Waals surface area contributed by atoms with E-state index in [-0.39, 0.29) is 40.0 Å². The number of aromatic hydroxyl groups is 1. The van der Waals surface area contributed by atoms with Gasteiger partial charge >= 0.3 is 0 Å². The van der Waals surface area contributed by atoms with Crippen LogP contribution in [0.1, 0.15) is 81.3 Å². The fraction of sp³-hybridized carbons (Fsp3) is 0.600. The van der Waals surface area contributed by atoms with Crippen LogP contribution in [-0.4, -0.2) is 16.7 Å². The molecule has 0 saturated heterocycles. The number of phenols is 1. The average Bonchev–Trinajstić information content (AvgIpc) is 2.43. The summed E-state index contributed by atoms with van der Waals surface area (Å²) in [5, 5.41) is 10.4. The van der Waals surface area contributed by atoms with Crippen molar-refractivity contribution in [2.24, 2.45) is 11.3 Å². The van der Waals surface area contributed by atoms with Crippen LogP contribution < -0.4 is 0 Å². The summed E-state index contributed by atoms with van der Waals surface area (Å²) in [6.45, 7) is 10.2. The van der Waals surface area contributed by atoms with Crippen LogP contribution in [0.3, 0.4) is 0 Å². The molecule has 0 bridgehead atoms. The predicted octanol–water partition coefficient (Wildman–Crippen LogP) is 4.37. The van der Waals surface area contributed by atoms with Gasteiger partial charge in [0.15, 0.2) is 0 Å². The zero-order valence-corrected chi connectivity index (χ0v) is 14.7. The summed E-state index contributed by atoms with van der Waals surface area (Å²) < 4.78 is 0. The van der Waals surface area contributed by atoms with Gasteiger partial charge in [-0.25, -0.2) is 0 Å². The summed E-state index contributed by atoms with van der Waals surface area (Å²) >= 11 is 0. The first-order valence-electron chi connectivity index (χ1n) is 8.55. The Morgan fingerprint density at radius 1 is 1.13 bits per heavy atom. The van der Waals surface area contributed by atoms with Crippen LogP contribution >= 0.6 is 0 Å². The van der Waals surface area contributed by atoms with E-state index in [4.69, 9.17) is 0 Å². The Labute approximate surface area is 138 Å². The van der Waals surface area contributed by atoms with Crippen LogP contribution in [0, 0.1) is 11.3 Å². The summed E-state index contributed by atoms with van der Waals surface area (Å²) in [6.07, 6.45) is 2.87. The molecule has 2 unspecified atom stereocenters. The fourth-order valence-corrected chi connectivity index (χ4v) is 4.99. The Hall–Kier alpha value is -1.64. The molecule has 2 atom stereocenters. The third-order valence-corrected chi connectivity index (χ3v) is 6.07. The lowest BCUT2D eigenvalue weighted by Crippen LogP contribution is -2.54. The van der Waals surface area contributed by atoms with Crippen molar-refractivity contribution >= 4 is 11.6 Å². The quantitative estimate of drug-likeness (QED) is 0.783. The first-order valence-corrected chi connectivity index (χ1v) is 8.55. The summed E-state index contributed by atoms with van der Waals surface area (Å²) in [4.78, 5) is 25.7. The molecular formula is C20H26O3. The molecule has 0 aromatic heterocycles. The molecule has 0 amide bonds. The summed E-state index contributed by atoms with van der Waals surface area (Å²) in [7, 11) is 0. The van der Waals surface area contributed by atoms with Gasteiger partial charge in [-0.15, -0.1) is 0 Å². The number of rotatable bonds is 1. The van der Waals surface area contributed by atoms with E-state index in [1.165, 1.54) is 0 Å². The maximum Gasteiger partial charge on any atom is 0.229 e. The van der Waals surface area contributed by atoms with Gasteiger partial charge in [-0.1, -0.05) is 41.0 Å². The van der Waals surface area contributed by atoms with Gasteiger partial charge in [0.25, 0.3) is 0 Å². The SMILES string of the molecule is CC(C)c1cc2c(cc1O)C1(C)CCCC(C)(C)C1C(=O)C2=O. The van der Waals surface area contributed by atoms with E-state index in [1.54, 1.807) is 12.1 Å². The second-order valence-electron chi connectivity index (χ2n) is 8.50. The standard InChI is InChI=1S/C20H26O3/c1-11(2)12-9-13-14(10-15(12)21)20(5)8-6-7-19(3,4)18(20)17(23)16(13)22/h9-11,18,21H,6-8H2,1-5H3. The molecule has 0 aliphatic heterocycles. The molecule has 2 aliphatic carbocycles. The molecule has 3 heteroatoms. The third-order valence-electron chi connectivity index (χ3n) is 6.07. The van der Waals surface area contributed by atoms with Gasteiger partial charge in [-0.05, 0) is 47.4 Å². The maximum absolute atomic E-state index is 12.9. The van der Waals surface area contributed by atoms with Crippen molar-refractivity contribution in [1.82, 2.24) is 0 Å². The Morgan fingerprint density at radius 3 is 2.39 bits per heavy atom. The Morgan fingerprint density at radius 2 is 1.78 bits per heavy atom. The Bertz CT molecular complexity index is 699. The normalized spacial score (nSPS) is 29.4. The number of hydrogen-bond donors (Lipinski definition) is 1. The number of Topliss-reactive ketones (excluding diaryl/α,β-unsaturated/α-hetero) is 2. The van der Waals surface area contributed by atoms with E-state index in [2.05, 4.69) is 20.8 Å². The summed E-state index contributed by atoms with van der Waals surface area (Å²) in [5.74, 6) is -0.571. The van der Waals surface area contributed by atoms with Gasteiger partial charge in [0.2, 0.25) is 11.6 Å². The largest absolute Gasteiger partial charge is 0.508 e. The van der Waals surface area contributed by atoms with E-state index in [0.29, 0.717) is 5.56 Å². The molecule has 23 heavy (non-hydrogen) atoms. The molecule has 1 aromatic carbocycles. The third kappa shape index (κ3) is 2.16. The molecule has 1 fully saturated rings. The van der Waals surface area contributed by atoms with Crippen molar-refractivity contribution < 1.29 is 14.7 Å². The van der Waals surface area contributed by atoms with Gasteiger partial charge in [0.05, 0.1) is 0 Å². The van der Waals surface area contributed by atoms with Crippen molar-refractivity contribution in [3.63, 3.8) is 0 Å². The lowest BCUT2D eigenvalue weighted by atomic mass is 9.49. The van der Waals surface area contributed by atoms with E-state index >= 15 is 0 Å². The van der Waals surface area contributed by atoms with E-state index in [1.807, 2.05) is 13.8 Å². The highest BCUT2D eigenvalue weighted by Gasteiger charge is 2.56. The highest BCUT2D eigenvalue weighted by atomic mass is 16.3. The number of ketones is 2. The first-order chi connectivity index (χ1) is 10.6. The van der Waals surface area contributed by atoms with Crippen molar-refractivity contribution in [2.75, 3.05) is 0 Å². The van der Waals surface area contributed by atoms with Crippen molar-refractivity contribution in [3.8, 4) is 5.75 Å². The smallest absolute Gasteiger partial charge is 0.229 e. The topological polar surface area (TPSA) is 54.4 Å². The number of carbonyl (C=O) groups is 2. The number of benzene rings is 1. The van der Waals surface area contributed by atoms with Crippen LogP contribution in [0.2, 0.25) is 0 Å². The minimum absolute atomic E-state index is 0.108. The minimum atomic E-state index is -0.376. The number of phenolic OH excluding ortho intramolecular Hbond substituents is 1. The van der Waals surface area contributed by atoms with E-state index in [9.17, 15) is 14.7 Å². The lowest BCUT2D eigenvalue weighted by molar-refractivity contribution is -0.128. The van der Waals surface area contributed by atoms with E-state index in [0.717, 1.165) is 30.4 Å². The molecule has 1 N–H and O–H groups in total. The van der Waals surface area contributed by atoms with Crippen molar-refractivity contribution in [2.45, 2.75) is 65.2 Å². The molecular weight excluding hydrogens is 288 g/mol.